The summed E-state index contributed by atoms with van der Waals surface area (Å²) in [6.45, 7) is 1.47. The van der Waals surface area contributed by atoms with Crippen molar-refractivity contribution in [1.29, 1.82) is 5.26 Å². The van der Waals surface area contributed by atoms with E-state index in [1.807, 2.05) is 11.0 Å². The number of hydrogen-bond donors (Lipinski definition) is 1. The lowest BCUT2D eigenvalue weighted by Gasteiger charge is -2.21. The van der Waals surface area contributed by atoms with Gasteiger partial charge < -0.3 is 4.90 Å². The first-order valence-corrected chi connectivity index (χ1v) is 6.98. The zero-order chi connectivity index (χ0) is 12.3. The zero-order valence-corrected chi connectivity index (χ0v) is 10.1. The summed E-state index contributed by atoms with van der Waals surface area (Å²) in [5, 5.41) is 8.82. The molecule has 1 saturated heterocycles. The van der Waals surface area contributed by atoms with Crippen LogP contribution in [0.5, 0.6) is 0 Å². The molecule has 0 radical (unpaired) electrons. The van der Waals surface area contributed by atoms with Gasteiger partial charge in [-0.3, -0.25) is 0 Å². The van der Waals surface area contributed by atoms with Gasteiger partial charge in [0.2, 0.25) is 10.0 Å². The molecule has 1 heterocycles. The highest BCUT2D eigenvalue weighted by molar-refractivity contribution is 7.89. The number of nitriles is 1. The number of rotatable bonds is 1. The quantitative estimate of drug-likeness (QED) is 0.779. The fourth-order valence-electron chi connectivity index (χ4n) is 1.78. The van der Waals surface area contributed by atoms with E-state index in [1.165, 1.54) is 0 Å². The van der Waals surface area contributed by atoms with Gasteiger partial charge in [-0.25, -0.2) is 13.1 Å². The molecule has 0 saturated carbocycles. The Morgan fingerprint density at radius 2 is 2.18 bits per heavy atom. The van der Waals surface area contributed by atoms with Crippen molar-refractivity contribution >= 4 is 15.7 Å². The fourth-order valence-corrected chi connectivity index (χ4v) is 2.79. The van der Waals surface area contributed by atoms with Crippen molar-refractivity contribution < 1.29 is 8.42 Å². The Morgan fingerprint density at radius 3 is 2.94 bits per heavy atom. The largest absolute Gasteiger partial charge is 0.369 e. The van der Waals surface area contributed by atoms with Gasteiger partial charge in [-0.15, -0.1) is 0 Å². The highest BCUT2D eigenvalue weighted by Gasteiger charge is 2.18. The second-order valence-corrected chi connectivity index (χ2v) is 5.79. The van der Waals surface area contributed by atoms with Crippen LogP contribution in [0.4, 0.5) is 5.69 Å². The van der Waals surface area contributed by atoms with Crippen molar-refractivity contribution in [3.8, 4) is 6.07 Å². The van der Waals surface area contributed by atoms with Crippen LogP contribution >= 0.6 is 0 Å². The van der Waals surface area contributed by atoms with Crippen LogP contribution in [0.2, 0.25) is 0 Å². The molecule has 0 aromatic heterocycles. The average Bonchev–Trinajstić information content (AvgIpc) is 2.50. The Kier molecular flexibility index (Phi) is 3.31. The summed E-state index contributed by atoms with van der Waals surface area (Å²) in [6, 6.07) is 9.28. The van der Waals surface area contributed by atoms with E-state index in [-0.39, 0.29) is 5.75 Å². The predicted molar refractivity (Wildman–Crippen MR) is 65.2 cm³/mol. The molecule has 1 aliphatic heterocycles. The van der Waals surface area contributed by atoms with Crippen LogP contribution in [0.15, 0.2) is 24.3 Å². The summed E-state index contributed by atoms with van der Waals surface area (Å²) in [5.41, 5.74) is 1.48. The van der Waals surface area contributed by atoms with Gasteiger partial charge in [-0.05, 0) is 18.2 Å². The first-order chi connectivity index (χ1) is 8.11. The summed E-state index contributed by atoms with van der Waals surface area (Å²) in [5.74, 6) is 0.0871. The number of hydrogen-bond acceptors (Lipinski definition) is 4. The Balaban J connectivity index is 2.20. The maximum atomic E-state index is 11.4. The van der Waals surface area contributed by atoms with Crippen molar-refractivity contribution in [2.24, 2.45) is 0 Å². The van der Waals surface area contributed by atoms with Gasteiger partial charge in [-0.1, -0.05) is 6.07 Å². The maximum Gasteiger partial charge on any atom is 0.213 e. The van der Waals surface area contributed by atoms with E-state index in [1.54, 1.807) is 18.2 Å². The summed E-state index contributed by atoms with van der Waals surface area (Å²) >= 11 is 0. The number of benzene rings is 1. The van der Waals surface area contributed by atoms with Crippen molar-refractivity contribution in [2.45, 2.75) is 0 Å². The normalized spacial score (nSPS) is 19.4. The molecule has 0 spiro atoms. The standard InChI is InChI=1S/C11H13N3O2S/c12-9-10-2-1-3-11(8-10)14-5-4-13-17(15,16)7-6-14/h1-3,8,13H,4-7H2. The molecule has 90 valence electrons. The number of nitrogens with zero attached hydrogens (tertiary/aromatic N) is 2. The first-order valence-electron chi connectivity index (χ1n) is 5.33. The Hall–Kier alpha value is -1.58. The molecule has 1 aromatic carbocycles. The lowest BCUT2D eigenvalue weighted by atomic mass is 10.2. The fraction of sp³-hybridized carbons (Fsp3) is 0.364. The summed E-state index contributed by atoms with van der Waals surface area (Å²) in [7, 11) is -3.13. The molecule has 1 N–H and O–H groups in total. The zero-order valence-electron chi connectivity index (χ0n) is 9.26. The van der Waals surface area contributed by atoms with E-state index in [9.17, 15) is 8.42 Å². The van der Waals surface area contributed by atoms with Gasteiger partial charge in [0.05, 0.1) is 17.4 Å². The van der Waals surface area contributed by atoms with Gasteiger partial charge in [0.1, 0.15) is 0 Å². The van der Waals surface area contributed by atoms with E-state index in [0.29, 0.717) is 25.2 Å². The highest BCUT2D eigenvalue weighted by Crippen LogP contribution is 2.16. The molecule has 5 nitrogen and oxygen atoms in total. The van der Waals surface area contributed by atoms with Crippen molar-refractivity contribution in [1.82, 2.24) is 4.72 Å². The van der Waals surface area contributed by atoms with Crippen LogP contribution in [0, 0.1) is 11.3 Å². The lowest BCUT2D eigenvalue weighted by Crippen LogP contribution is -2.28. The smallest absolute Gasteiger partial charge is 0.213 e. The van der Waals surface area contributed by atoms with Crippen molar-refractivity contribution in [3.63, 3.8) is 0 Å². The third-order valence-corrected chi connectivity index (χ3v) is 4.04. The van der Waals surface area contributed by atoms with E-state index in [0.717, 1.165) is 5.69 Å². The van der Waals surface area contributed by atoms with Gasteiger partial charge in [0.25, 0.3) is 0 Å². The molecule has 0 unspecified atom stereocenters. The molecule has 1 fully saturated rings. The maximum absolute atomic E-state index is 11.4. The molecule has 0 amide bonds. The Morgan fingerprint density at radius 1 is 1.35 bits per heavy atom. The molecule has 1 aliphatic rings. The first kappa shape index (κ1) is 11.9. The molecule has 0 bridgehead atoms. The minimum Gasteiger partial charge on any atom is -0.369 e. The molecule has 17 heavy (non-hydrogen) atoms. The summed E-state index contributed by atoms with van der Waals surface area (Å²) in [6.07, 6.45) is 0. The second kappa shape index (κ2) is 4.73. The van der Waals surface area contributed by atoms with Crippen LogP contribution in [0.3, 0.4) is 0 Å². The molecule has 0 aliphatic carbocycles. The number of sulfonamides is 1. The average molecular weight is 251 g/mol. The van der Waals surface area contributed by atoms with E-state index < -0.39 is 10.0 Å². The van der Waals surface area contributed by atoms with Crippen LogP contribution < -0.4 is 9.62 Å². The summed E-state index contributed by atoms with van der Waals surface area (Å²) in [4.78, 5) is 1.97. The van der Waals surface area contributed by atoms with Gasteiger partial charge >= 0.3 is 0 Å². The molecular formula is C11H13N3O2S. The second-order valence-electron chi connectivity index (χ2n) is 3.86. The van der Waals surface area contributed by atoms with Gasteiger partial charge in [0.15, 0.2) is 0 Å². The topological polar surface area (TPSA) is 73.2 Å². The van der Waals surface area contributed by atoms with E-state index >= 15 is 0 Å². The number of anilines is 1. The number of nitrogens with one attached hydrogen (secondary N) is 1. The predicted octanol–water partition coefficient (Wildman–Crippen LogP) is 0.298. The molecule has 1 aromatic rings. The lowest BCUT2D eigenvalue weighted by molar-refractivity contribution is 0.586. The third kappa shape index (κ3) is 2.96. The van der Waals surface area contributed by atoms with E-state index in [4.69, 9.17) is 5.26 Å². The Labute approximate surface area is 101 Å². The van der Waals surface area contributed by atoms with Crippen molar-refractivity contribution in [3.05, 3.63) is 29.8 Å². The van der Waals surface area contributed by atoms with Gasteiger partial charge in [-0.2, -0.15) is 5.26 Å². The van der Waals surface area contributed by atoms with Gasteiger partial charge in [0, 0.05) is 25.3 Å². The van der Waals surface area contributed by atoms with Crippen LogP contribution in [-0.4, -0.2) is 33.8 Å². The molecule has 2 rings (SSSR count). The summed E-state index contributed by atoms with van der Waals surface area (Å²) < 4.78 is 25.3. The van der Waals surface area contributed by atoms with E-state index in [2.05, 4.69) is 10.8 Å². The molecule has 6 heteroatoms. The molecular weight excluding hydrogens is 238 g/mol. The van der Waals surface area contributed by atoms with Crippen LogP contribution in [0.1, 0.15) is 5.56 Å². The third-order valence-electron chi connectivity index (χ3n) is 2.67. The van der Waals surface area contributed by atoms with Crippen LogP contribution in [-0.2, 0) is 10.0 Å². The minimum atomic E-state index is -3.13. The molecule has 0 atom stereocenters. The minimum absolute atomic E-state index is 0.0871. The Bertz CT molecular complexity index is 548. The SMILES string of the molecule is N#Cc1cccc(N2CCNS(=O)(=O)CC2)c1. The van der Waals surface area contributed by atoms with Crippen molar-refractivity contribution in [2.75, 3.05) is 30.3 Å². The highest BCUT2D eigenvalue weighted by atomic mass is 32.2. The van der Waals surface area contributed by atoms with Crippen LogP contribution in [0.25, 0.3) is 0 Å². The monoisotopic (exact) mass is 251 g/mol.